The Balaban J connectivity index is 1.74. The average molecular weight is 197 g/mol. The lowest BCUT2D eigenvalue weighted by Gasteiger charge is -2.44. The van der Waals surface area contributed by atoms with Crippen molar-refractivity contribution < 1.29 is 4.74 Å². The lowest BCUT2D eigenvalue weighted by atomic mass is 9.73. The van der Waals surface area contributed by atoms with E-state index in [9.17, 15) is 0 Å². The molecule has 0 aromatic carbocycles. The first-order chi connectivity index (χ1) is 6.77. The summed E-state index contributed by atoms with van der Waals surface area (Å²) in [7, 11) is 0. The maximum absolute atomic E-state index is 5.48. The Morgan fingerprint density at radius 3 is 2.64 bits per heavy atom. The van der Waals surface area contributed by atoms with Gasteiger partial charge in [0.2, 0.25) is 0 Å². The van der Waals surface area contributed by atoms with Crippen molar-refractivity contribution in [3.05, 3.63) is 0 Å². The minimum Gasteiger partial charge on any atom is -0.380 e. The van der Waals surface area contributed by atoms with E-state index in [0.29, 0.717) is 0 Å². The number of hydrogen-bond acceptors (Lipinski definition) is 2. The molecule has 1 aliphatic heterocycles. The van der Waals surface area contributed by atoms with Gasteiger partial charge in [-0.15, -0.1) is 0 Å². The van der Waals surface area contributed by atoms with Crippen molar-refractivity contribution in [1.29, 1.82) is 0 Å². The zero-order valence-electron chi connectivity index (χ0n) is 9.54. The van der Waals surface area contributed by atoms with E-state index in [0.717, 1.165) is 37.6 Å². The molecular formula is C12H23NO. The standard InChI is InChI=1S/C12H23NO/c1-10(2)11-8-12(9-11)13-4-3-6-14-7-5-13/h10-12H,3-9H2,1-2H3. The highest BCUT2D eigenvalue weighted by Gasteiger charge is 2.34. The monoisotopic (exact) mass is 197 g/mol. The predicted molar refractivity (Wildman–Crippen MR) is 58.4 cm³/mol. The molecule has 2 nitrogen and oxygen atoms in total. The van der Waals surface area contributed by atoms with Crippen LogP contribution < -0.4 is 0 Å². The van der Waals surface area contributed by atoms with Crippen molar-refractivity contribution in [2.24, 2.45) is 11.8 Å². The van der Waals surface area contributed by atoms with E-state index < -0.39 is 0 Å². The van der Waals surface area contributed by atoms with E-state index in [1.54, 1.807) is 0 Å². The van der Waals surface area contributed by atoms with Crippen LogP contribution >= 0.6 is 0 Å². The van der Waals surface area contributed by atoms with Gasteiger partial charge >= 0.3 is 0 Å². The van der Waals surface area contributed by atoms with Crippen LogP contribution in [0.2, 0.25) is 0 Å². The predicted octanol–water partition coefficient (Wildman–Crippen LogP) is 2.14. The van der Waals surface area contributed by atoms with Gasteiger partial charge in [-0.2, -0.15) is 0 Å². The van der Waals surface area contributed by atoms with Crippen LogP contribution in [0.3, 0.4) is 0 Å². The zero-order chi connectivity index (χ0) is 9.97. The maximum Gasteiger partial charge on any atom is 0.0593 e. The minimum atomic E-state index is 0.879. The van der Waals surface area contributed by atoms with Crippen LogP contribution in [0.1, 0.15) is 33.1 Å². The van der Waals surface area contributed by atoms with Gasteiger partial charge in [0.05, 0.1) is 6.61 Å². The Labute approximate surface area is 87.6 Å². The summed E-state index contributed by atoms with van der Waals surface area (Å²) < 4.78 is 5.48. The lowest BCUT2D eigenvalue weighted by molar-refractivity contribution is 0.0517. The van der Waals surface area contributed by atoms with Crippen LogP contribution in [0.4, 0.5) is 0 Å². The molecule has 2 heteroatoms. The Bertz CT molecular complexity index is 167. The largest absolute Gasteiger partial charge is 0.380 e. The number of hydrogen-bond donors (Lipinski definition) is 0. The van der Waals surface area contributed by atoms with Gasteiger partial charge in [0.25, 0.3) is 0 Å². The Morgan fingerprint density at radius 2 is 1.93 bits per heavy atom. The maximum atomic E-state index is 5.48. The molecular weight excluding hydrogens is 174 g/mol. The van der Waals surface area contributed by atoms with Crippen molar-refractivity contribution in [3.8, 4) is 0 Å². The molecule has 2 rings (SSSR count). The molecule has 14 heavy (non-hydrogen) atoms. The molecule has 1 saturated carbocycles. The molecule has 1 aliphatic carbocycles. The smallest absolute Gasteiger partial charge is 0.0593 e. The SMILES string of the molecule is CC(C)C1CC(N2CCCOCC2)C1. The normalized spacial score (nSPS) is 35.4. The molecule has 0 unspecified atom stereocenters. The molecule has 0 amide bonds. The first-order valence-electron chi connectivity index (χ1n) is 6.09. The lowest BCUT2D eigenvalue weighted by Crippen LogP contribution is -2.47. The molecule has 0 spiro atoms. The molecule has 0 aromatic rings. The van der Waals surface area contributed by atoms with Gasteiger partial charge in [-0.1, -0.05) is 13.8 Å². The van der Waals surface area contributed by atoms with Gasteiger partial charge in [0.15, 0.2) is 0 Å². The van der Waals surface area contributed by atoms with Crippen LogP contribution in [-0.2, 0) is 4.74 Å². The summed E-state index contributed by atoms with van der Waals surface area (Å²) in [6, 6.07) is 0.879. The molecule has 2 aliphatic rings. The van der Waals surface area contributed by atoms with Gasteiger partial charge in [0.1, 0.15) is 0 Å². The molecule has 0 radical (unpaired) electrons. The summed E-state index contributed by atoms with van der Waals surface area (Å²) in [5.74, 6) is 1.87. The highest BCUT2D eigenvalue weighted by molar-refractivity contribution is 4.88. The summed E-state index contributed by atoms with van der Waals surface area (Å²) in [6.45, 7) is 9.05. The molecule has 0 atom stereocenters. The quantitative estimate of drug-likeness (QED) is 0.672. The number of ether oxygens (including phenoxy) is 1. The molecule has 1 saturated heterocycles. The van der Waals surface area contributed by atoms with Crippen molar-refractivity contribution in [3.63, 3.8) is 0 Å². The van der Waals surface area contributed by atoms with Crippen molar-refractivity contribution in [2.75, 3.05) is 26.3 Å². The van der Waals surface area contributed by atoms with E-state index in [1.807, 2.05) is 0 Å². The summed E-state index contributed by atoms with van der Waals surface area (Å²) in [6.07, 6.45) is 4.08. The summed E-state index contributed by atoms with van der Waals surface area (Å²) in [5.41, 5.74) is 0. The van der Waals surface area contributed by atoms with E-state index in [-0.39, 0.29) is 0 Å². The second-order valence-electron chi connectivity index (χ2n) is 5.13. The molecule has 0 aromatic heterocycles. The second kappa shape index (κ2) is 4.63. The molecule has 0 N–H and O–H groups in total. The van der Waals surface area contributed by atoms with E-state index in [4.69, 9.17) is 4.74 Å². The van der Waals surface area contributed by atoms with Gasteiger partial charge in [-0.05, 0) is 31.1 Å². The Morgan fingerprint density at radius 1 is 1.14 bits per heavy atom. The third-order valence-corrected chi connectivity index (χ3v) is 3.87. The minimum absolute atomic E-state index is 0.879. The van der Waals surface area contributed by atoms with Crippen molar-refractivity contribution in [2.45, 2.75) is 39.2 Å². The van der Waals surface area contributed by atoms with Crippen LogP contribution in [0.25, 0.3) is 0 Å². The van der Waals surface area contributed by atoms with Gasteiger partial charge in [-0.3, -0.25) is 4.90 Å². The molecule has 2 fully saturated rings. The van der Waals surface area contributed by atoms with Crippen LogP contribution in [-0.4, -0.2) is 37.2 Å². The van der Waals surface area contributed by atoms with Gasteiger partial charge in [0, 0.05) is 25.7 Å². The highest BCUT2D eigenvalue weighted by Crippen LogP contribution is 2.37. The van der Waals surface area contributed by atoms with E-state index in [2.05, 4.69) is 18.7 Å². The van der Waals surface area contributed by atoms with Crippen LogP contribution in [0.5, 0.6) is 0 Å². The Hall–Kier alpha value is -0.0800. The summed E-state index contributed by atoms with van der Waals surface area (Å²) in [4.78, 5) is 2.64. The van der Waals surface area contributed by atoms with Crippen LogP contribution in [0.15, 0.2) is 0 Å². The fourth-order valence-electron chi connectivity index (χ4n) is 2.60. The number of nitrogens with zero attached hydrogens (tertiary/aromatic N) is 1. The third kappa shape index (κ3) is 2.29. The fraction of sp³-hybridized carbons (Fsp3) is 1.00. The van der Waals surface area contributed by atoms with Gasteiger partial charge < -0.3 is 4.74 Å². The van der Waals surface area contributed by atoms with Gasteiger partial charge in [-0.25, -0.2) is 0 Å². The molecule has 1 heterocycles. The fourth-order valence-corrected chi connectivity index (χ4v) is 2.60. The highest BCUT2D eigenvalue weighted by atomic mass is 16.5. The second-order valence-corrected chi connectivity index (χ2v) is 5.13. The number of rotatable bonds is 2. The van der Waals surface area contributed by atoms with E-state index >= 15 is 0 Å². The van der Waals surface area contributed by atoms with E-state index in [1.165, 1.54) is 25.8 Å². The average Bonchev–Trinajstić information content (AvgIpc) is 2.29. The van der Waals surface area contributed by atoms with Crippen LogP contribution in [0, 0.1) is 11.8 Å². The molecule has 0 bridgehead atoms. The zero-order valence-corrected chi connectivity index (χ0v) is 9.54. The molecule has 82 valence electrons. The van der Waals surface area contributed by atoms with Crippen molar-refractivity contribution >= 4 is 0 Å². The third-order valence-electron chi connectivity index (χ3n) is 3.87. The first kappa shape index (κ1) is 10.4. The summed E-state index contributed by atoms with van der Waals surface area (Å²) >= 11 is 0. The van der Waals surface area contributed by atoms with Crippen molar-refractivity contribution in [1.82, 2.24) is 4.90 Å². The Kier molecular flexibility index (Phi) is 3.45. The first-order valence-corrected chi connectivity index (χ1v) is 6.09. The topological polar surface area (TPSA) is 12.5 Å². The summed E-state index contributed by atoms with van der Waals surface area (Å²) in [5, 5.41) is 0.